The zero-order chi connectivity index (χ0) is 10.1. The number of halogens is 1. The third-order valence-corrected chi connectivity index (χ3v) is 4.12. The summed E-state index contributed by atoms with van der Waals surface area (Å²) in [4.78, 5) is 1.26. The Morgan fingerprint density at radius 3 is 2.86 bits per heavy atom. The average molecular weight is 226 g/mol. The molecule has 0 aliphatic rings. The third-order valence-electron chi connectivity index (χ3n) is 2.39. The van der Waals surface area contributed by atoms with Gasteiger partial charge in [-0.3, -0.25) is 0 Å². The van der Waals surface area contributed by atoms with Gasteiger partial charge in [-0.2, -0.15) is 0 Å². The van der Waals surface area contributed by atoms with Gasteiger partial charge in [-0.25, -0.2) is 0 Å². The summed E-state index contributed by atoms with van der Waals surface area (Å²) < 4.78 is 1.17. The van der Waals surface area contributed by atoms with Crippen LogP contribution in [0.3, 0.4) is 0 Å². The fourth-order valence-corrected chi connectivity index (χ4v) is 3.20. The lowest BCUT2D eigenvalue weighted by molar-refractivity contribution is 1.05. The van der Waals surface area contributed by atoms with Gasteiger partial charge in [0.25, 0.3) is 0 Å². The first kappa shape index (κ1) is 9.97. The van der Waals surface area contributed by atoms with Gasteiger partial charge in [0, 0.05) is 11.4 Å². The molecule has 0 aliphatic heterocycles. The van der Waals surface area contributed by atoms with Gasteiger partial charge in [0.05, 0.1) is 9.72 Å². The summed E-state index contributed by atoms with van der Waals surface area (Å²) >= 11 is 7.84. The molecule has 1 aromatic heterocycles. The van der Waals surface area contributed by atoms with Crippen LogP contribution < -0.4 is 5.73 Å². The summed E-state index contributed by atoms with van der Waals surface area (Å²) in [7, 11) is 0. The number of benzene rings is 1. The van der Waals surface area contributed by atoms with Gasteiger partial charge >= 0.3 is 0 Å². The highest BCUT2D eigenvalue weighted by molar-refractivity contribution is 7.20. The highest BCUT2D eigenvalue weighted by Gasteiger charge is 2.10. The summed E-state index contributed by atoms with van der Waals surface area (Å²) in [5.41, 5.74) is 7.06. The number of hydrogen-bond donors (Lipinski definition) is 1. The van der Waals surface area contributed by atoms with Crippen molar-refractivity contribution < 1.29 is 0 Å². The maximum Gasteiger partial charge on any atom is 0.0584 e. The van der Waals surface area contributed by atoms with E-state index in [1.165, 1.54) is 20.5 Å². The monoisotopic (exact) mass is 225 g/mol. The number of nitrogens with two attached hydrogens (primary N) is 1. The summed E-state index contributed by atoms with van der Waals surface area (Å²) in [6.07, 6.45) is 1.02. The van der Waals surface area contributed by atoms with E-state index in [1.807, 2.05) is 12.1 Å². The number of aryl methyl sites for hydroxylation is 1. The van der Waals surface area contributed by atoms with E-state index in [2.05, 4.69) is 13.0 Å². The first-order valence-corrected chi connectivity index (χ1v) is 5.86. The molecule has 0 unspecified atom stereocenters. The van der Waals surface area contributed by atoms with Crippen molar-refractivity contribution >= 4 is 33.0 Å². The van der Waals surface area contributed by atoms with Crippen LogP contribution in [0.25, 0.3) is 10.1 Å². The van der Waals surface area contributed by atoms with Gasteiger partial charge in [0.2, 0.25) is 0 Å². The molecule has 2 N–H and O–H groups in total. The van der Waals surface area contributed by atoms with Crippen molar-refractivity contribution in [3.8, 4) is 0 Å². The Hall–Kier alpha value is -0.570. The fraction of sp³-hybridized carbons (Fsp3) is 0.273. The van der Waals surface area contributed by atoms with E-state index in [1.54, 1.807) is 11.3 Å². The predicted octanol–water partition coefficient (Wildman–Crippen LogP) is 3.58. The molecule has 3 heteroatoms. The zero-order valence-electron chi connectivity index (χ0n) is 8.01. The molecule has 0 saturated heterocycles. The zero-order valence-corrected chi connectivity index (χ0v) is 9.58. The van der Waals surface area contributed by atoms with Crippen molar-refractivity contribution in [2.45, 2.75) is 19.9 Å². The van der Waals surface area contributed by atoms with Gasteiger partial charge in [-0.1, -0.05) is 30.7 Å². The first-order chi connectivity index (χ1) is 6.77. The normalized spacial score (nSPS) is 11.1. The number of thiophene rings is 1. The molecule has 0 spiro atoms. The van der Waals surface area contributed by atoms with E-state index < -0.39 is 0 Å². The SMILES string of the molecule is CCc1c(CN)sc2c(Cl)cccc12. The molecule has 0 saturated carbocycles. The molecule has 2 rings (SSSR count). The Labute approximate surface area is 92.5 Å². The Kier molecular flexibility index (Phi) is 2.77. The molecule has 2 aromatic rings. The smallest absolute Gasteiger partial charge is 0.0584 e. The van der Waals surface area contributed by atoms with Crippen LogP contribution in [0.15, 0.2) is 18.2 Å². The molecule has 0 bridgehead atoms. The van der Waals surface area contributed by atoms with Crippen LogP contribution >= 0.6 is 22.9 Å². The van der Waals surface area contributed by atoms with E-state index in [-0.39, 0.29) is 0 Å². The topological polar surface area (TPSA) is 26.0 Å². The maximum atomic E-state index is 6.13. The summed E-state index contributed by atoms with van der Waals surface area (Å²) in [6.45, 7) is 2.76. The van der Waals surface area contributed by atoms with Crippen molar-refractivity contribution in [3.63, 3.8) is 0 Å². The summed E-state index contributed by atoms with van der Waals surface area (Å²) in [5.74, 6) is 0. The number of rotatable bonds is 2. The first-order valence-electron chi connectivity index (χ1n) is 4.66. The second-order valence-corrected chi connectivity index (χ2v) is 4.69. The minimum atomic E-state index is 0.610. The third kappa shape index (κ3) is 1.44. The van der Waals surface area contributed by atoms with E-state index >= 15 is 0 Å². The van der Waals surface area contributed by atoms with Crippen LogP contribution in [-0.2, 0) is 13.0 Å². The molecule has 0 atom stereocenters. The fourth-order valence-electron chi connectivity index (χ4n) is 1.74. The molecule has 1 aromatic carbocycles. The number of hydrogen-bond acceptors (Lipinski definition) is 2. The van der Waals surface area contributed by atoms with E-state index in [4.69, 9.17) is 17.3 Å². The molecule has 0 fully saturated rings. The highest BCUT2D eigenvalue weighted by atomic mass is 35.5. The lowest BCUT2D eigenvalue weighted by Gasteiger charge is -1.97. The standard InChI is InChI=1S/C11H12ClNS/c1-2-7-8-4-3-5-9(12)11(8)14-10(7)6-13/h3-5H,2,6,13H2,1H3. The second-order valence-electron chi connectivity index (χ2n) is 3.18. The Morgan fingerprint density at radius 1 is 1.43 bits per heavy atom. The number of fused-ring (bicyclic) bond motifs is 1. The molecule has 0 radical (unpaired) electrons. The molecule has 74 valence electrons. The molecule has 14 heavy (non-hydrogen) atoms. The van der Waals surface area contributed by atoms with E-state index in [0.29, 0.717) is 6.54 Å². The molecule has 1 nitrogen and oxygen atoms in total. The summed E-state index contributed by atoms with van der Waals surface area (Å²) in [5, 5.41) is 2.10. The van der Waals surface area contributed by atoms with Crippen LogP contribution in [0.1, 0.15) is 17.4 Å². The Balaban J connectivity index is 2.79. The van der Waals surface area contributed by atoms with Crippen molar-refractivity contribution in [1.29, 1.82) is 0 Å². The Morgan fingerprint density at radius 2 is 2.21 bits per heavy atom. The average Bonchev–Trinajstić information content (AvgIpc) is 2.57. The minimum absolute atomic E-state index is 0.610. The van der Waals surface area contributed by atoms with Gasteiger partial charge in [0.1, 0.15) is 0 Å². The molecular formula is C11H12ClNS. The molecule has 0 aliphatic carbocycles. The van der Waals surface area contributed by atoms with Crippen molar-refractivity contribution in [2.75, 3.05) is 0 Å². The van der Waals surface area contributed by atoms with Gasteiger partial charge in [-0.15, -0.1) is 11.3 Å². The van der Waals surface area contributed by atoms with Gasteiger partial charge in [-0.05, 0) is 23.4 Å². The maximum absolute atomic E-state index is 6.13. The summed E-state index contributed by atoms with van der Waals surface area (Å²) in [6, 6.07) is 6.05. The van der Waals surface area contributed by atoms with Crippen LogP contribution in [-0.4, -0.2) is 0 Å². The van der Waals surface area contributed by atoms with Crippen LogP contribution in [0, 0.1) is 0 Å². The minimum Gasteiger partial charge on any atom is -0.326 e. The van der Waals surface area contributed by atoms with Crippen molar-refractivity contribution in [2.24, 2.45) is 5.73 Å². The molecular weight excluding hydrogens is 214 g/mol. The second kappa shape index (κ2) is 3.89. The van der Waals surface area contributed by atoms with E-state index in [0.717, 1.165) is 11.4 Å². The predicted molar refractivity (Wildman–Crippen MR) is 64.1 cm³/mol. The van der Waals surface area contributed by atoms with Crippen molar-refractivity contribution in [3.05, 3.63) is 33.7 Å². The van der Waals surface area contributed by atoms with E-state index in [9.17, 15) is 0 Å². The Bertz CT molecular complexity index is 462. The van der Waals surface area contributed by atoms with Gasteiger partial charge in [0.15, 0.2) is 0 Å². The molecule has 0 amide bonds. The quantitative estimate of drug-likeness (QED) is 0.831. The van der Waals surface area contributed by atoms with Crippen LogP contribution in [0.2, 0.25) is 5.02 Å². The highest BCUT2D eigenvalue weighted by Crippen LogP contribution is 2.35. The van der Waals surface area contributed by atoms with Gasteiger partial charge < -0.3 is 5.73 Å². The lowest BCUT2D eigenvalue weighted by atomic mass is 10.1. The lowest BCUT2D eigenvalue weighted by Crippen LogP contribution is -1.96. The van der Waals surface area contributed by atoms with Crippen LogP contribution in [0.5, 0.6) is 0 Å². The molecule has 1 heterocycles. The largest absolute Gasteiger partial charge is 0.326 e. The van der Waals surface area contributed by atoms with Crippen LogP contribution in [0.4, 0.5) is 0 Å². The van der Waals surface area contributed by atoms with Crippen molar-refractivity contribution in [1.82, 2.24) is 0 Å².